The maximum atomic E-state index is 5.33. The Hall–Kier alpha value is -0.980. The van der Waals surface area contributed by atoms with E-state index in [9.17, 15) is 0 Å². The van der Waals surface area contributed by atoms with Crippen molar-refractivity contribution in [1.29, 1.82) is 0 Å². The summed E-state index contributed by atoms with van der Waals surface area (Å²) < 4.78 is 5.33. The molecular weight excluding hydrogens is 112 g/mol. The van der Waals surface area contributed by atoms with Crippen molar-refractivity contribution in [3.8, 4) is 0 Å². The van der Waals surface area contributed by atoms with Gasteiger partial charge in [0.15, 0.2) is 0 Å². The van der Waals surface area contributed by atoms with Crippen LogP contribution in [-0.4, -0.2) is 6.61 Å². The van der Waals surface area contributed by atoms with Gasteiger partial charge in [-0.05, 0) is 6.08 Å². The molecule has 0 atom stereocenters. The van der Waals surface area contributed by atoms with E-state index in [0.717, 1.165) is 18.8 Å². The van der Waals surface area contributed by atoms with E-state index >= 15 is 0 Å². The highest BCUT2D eigenvalue weighted by atomic mass is 16.5. The van der Waals surface area contributed by atoms with Gasteiger partial charge in [-0.25, -0.2) is 0 Å². The molecule has 0 radical (unpaired) electrons. The second-order valence-electron chi connectivity index (χ2n) is 2.19. The number of rotatable bonds is 0. The first-order valence-corrected chi connectivity index (χ1v) is 3.18. The number of hydrogen-bond donors (Lipinski definition) is 0. The molecule has 1 nitrogen and oxygen atoms in total. The average Bonchev–Trinajstić information content (AvgIpc) is 2.33. The van der Waals surface area contributed by atoms with Crippen molar-refractivity contribution in [2.45, 2.75) is 6.42 Å². The number of allylic oxidation sites excluding steroid dienone is 3. The van der Waals surface area contributed by atoms with Crippen LogP contribution in [0.3, 0.4) is 0 Å². The smallest absolute Gasteiger partial charge is 0.126 e. The summed E-state index contributed by atoms with van der Waals surface area (Å²) in [7, 11) is 0. The van der Waals surface area contributed by atoms with Gasteiger partial charge in [0.25, 0.3) is 0 Å². The molecule has 0 aromatic carbocycles. The molecule has 0 aromatic rings. The molecule has 0 saturated carbocycles. The molecule has 2 aliphatic rings. The van der Waals surface area contributed by atoms with Gasteiger partial charge in [-0.15, -0.1) is 0 Å². The minimum Gasteiger partial charge on any atom is -0.493 e. The number of hydrogen-bond acceptors (Lipinski definition) is 1. The molecule has 0 amide bonds. The van der Waals surface area contributed by atoms with Crippen molar-refractivity contribution in [1.82, 2.24) is 0 Å². The highest BCUT2D eigenvalue weighted by Gasteiger charge is 2.10. The van der Waals surface area contributed by atoms with Crippen LogP contribution in [0, 0.1) is 0 Å². The average molecular weight is 120 g/mol. The maximum Gasteiger partial charge on any atom is 0.126 e. The van der Waals surface area contributed by atoms with Crippen LogP contribution in [0.2, 0.25) is 0 Å². The molecule has 0 spiro atoms. The van der Waals surface area contributed by atoms with Crippen molar-refractivity contribution in [2.75, 3.05) is 6.61 Å². The molecule has 1 aliphatic heterocycles. The Bertz CT molecular complexity index is 209. The molecule has 9 heavy (non-hydrogen) atoms. The lowest BCUT2D eigenvalue weighted by molar-refractivity contribution is 0.219. The van der Waals surface area contributed by atoms with Gasteiger partial charge in [-0.3, -0.25) is 0 Å². The zero-order valence-electron chi connectivity index (χ0n) is 5.13. The highest BCUT2D eigenvalue weighted by molar-refractivity contribution is 5.45. The lowest BCUT2D eigenvalue weighted by Crippen LogP contribution is -1.99. The minimum atomic E-state index is 0.844. The number of ether oxygens (including phenoxy) is 1. The fraction of sp³-hybridized carbons (Fsp3) is 0.250. The molecule has 1 heteroatoms. The Kier molecular flexibility index (Phi) is 0.950. The Morgan fingerprint density at radius 3 is 3.33 bits per heavy atom. The van der Waals surface area contributed by atoms with E-state index in [2.05, 4.69) is 12.2 Å². The standard InChI is InChI=1S/C8H8O/c1-3-7-4-2-6-9-8(7)5-1/h1,3-5H,2,6H2. The summed E-state index contributed by atoms with van der Waals surface area (Å²) in [5.74, 6) is 1.04. The molecule has 2 rings (SSSR count). The van der Waals surface area contributed by atoms with Crippen molar-refractivity contribution < 1.29 is 4.74 Å². The van der Waals surface area contributed by atoms with Crippen LogP contribution in [0.4, 0.5) is 0 Å². The first-order chi connectivity index (χ1) is 4.47. The quantitative estimate of drug-likeness (QED) is 0.473. The van der Waals surface area contributed by atoms with Crippen LogP contribution in [0.5, 0.6) is 0 Å². The van der Waals surface area contributed by atoms with Crippen molar-refractivity contribution in [2.24, 2.45) is 0 Å². The zero-order valence-corrected chi connectivity index (χ0v) is 5.13. The Morgan fingerprint density at radius 2 is 2.44 bits per heavy atom. The van der Waals surface area contributed by atoms with E-state index in [0.29, 0.717) is 0 Å². The third-order valence-electron chi connectivity index (χ3n) is 1.55. The highest BCUT2D eigenvalue weighted by Crippen LogP contribution is 2.23. The first kappa shape index (κ1) is 4.86. The molecule has 0 bridgehead atoms. The summed E-state index contributed by atoms with van der Waals surface area (Å²) in [6, 6.07) is 0. The topological polar surface area (TPSA) is 9.23 Å². The van der Waals surface area contributed by atoms with Gasteiger partial charge in [0, 0.05) is 12.0 Å². The first-order valence-electron chi connectivity index (χ1n) is 3.18. The van der Waals surface area contributed by atoms with E-state index in [1.165, 1.54) is 5.57 Å². The monoisotopic (exact) mass is 120 g/mol. The van der Waals surface area contributed by atoms with Crippen molar-refractivity contribution in [3.05, 3.63) is 35.6 Å². The molecule has 0 N–H and O–H groups in total. The van der Waals surface area contributed by atoms with Gasteiger partial charge in [0.05, 0.1) is 6.61 Å². The summed E-state index contributed by atoms with van der Waals surface area (Å²) in [5.41, 5.74) is 1.25. The molecule has 0 saturated heterocycles. The molecule has 0 fully saturated rings. The van der Waals surface area contributed by atoms with E-state index in [4.69, 9.17) is 4.74 Å². The Morgan fingerprint density at radius 1 is 1.44 bits per heavy atom. The fourth-order valence-electron chi connectivity index (χ4n) is 1.10. The normalized spacial score (nSPS) is 22.2. The van der Waals surface area contributed by atoms with E-state index in [1.54, 1.807) is 0 Å². The van der Waals surface area contributed by atoms with E-state index in [1.807, 2.05) is 12.2 Å². The third-order valence-corrected chi connectivity index (χ3v) is 1.55. The lowest BCUT2D eigenvalue weighted by Gasteiger charge is -2.12. The van der Waals surface area contributed by atoms with Gasteiger partial charge in [-0.1, -0.05) is 18.2 Å². The van der Waals surface area contributed by atoms with Crippen LogP contribution in [0.25, 0.3) is 0 Å². The molecule has 1 aliphatic carbocycles. The summed E-state index contributed by atoms with van der Waals surface area (Å²) in [6.45, 7) is 0.844. The van der Waals surface area contributed by atoms with Crippen molar-refractivity contribution >= 4 is 0 Å². The van der Waals surface area contributed by atoms with E-state index < -0.39 is 0 Å². The van der Waals surface area contributed by atoms with Crippen LogP contribution in [0.1, 0.15) is 6.42 Å². The molecule has 0 aromatic heterocycles. The second-order valence-corrected chi connectivity index (χ2v) is 2.19. The van der Waals surface area contributed by atoms with Gasteiger partial charge in [0.1, 0.15) is 5.76 Å². The second kappa shape index (κ2) is 1.76. The van der Waals surface area contributed by atoms with Crippen LogP contribution < -0.4 is 0 Å². The van der Waals surface area contributed by atoms with Gasteiger partial charge in [0.2, 0.25) is 0 Å². The molecule has 0 unspecified atom stereocenters. The van der Waals surface area contributed by atoms with Crippen LogP contribution in [0.15, 0.2) is 35.6 Å². The van der Waals surface area contributed by atoms with Crippen molar-refractivity contribution in [3.63, 3.8) is 0 Å². The summed E-state index contributed by atoms with van der Waals surface area (Å²) >= 11 is 0. The molecule has 1 heterocycles. The third kappa shape index (κ3) is 0.689. The largest absolute Gasteiger partial charge is 0.493 e. The lowest BCUT2D eigenvalue weighted by atomic mass is 10.2. The molecule has 46 valence electrons. The summed E-state index contributed by atoms with van der Waals surface area (Å²) in [4.78, 5) is 0. The molecular formula is C8H8O. The van der Waals surface area contributed by atoms with Gasteiger partial charge in [-0.2, -0.15) is 0 Å². The van der Waals surface area contributed by atoms with Gasteiger partial charge >= 0.3 is 0 Å². The predicted octanol–water partition coefficient (Wildman–Crippen LogP) is 1.79. The summed E-state index contributed by atoms with van der Waals surface area (Å²) in [6.07, 6.45) is 9.36. The fourth-order valence-corrected chi connectivity index (χ4v) is 1.10. The zero-order chi connectivity index (χ0) is 6.10. The predicted molar refractivity (Wildman–Crippen MR) is 35.9 cm³/mol. The summed E-state index contributed by atoms with van der Waals surface area (Å²) in [5, 5.41) is 0. The minimum absolute atomic E-state index is 0.844. The van der Waals surface area contributed by atoms with E-state index in [-0.39, 0.29) is 0 Å². The van der Waals surface area contributed by atoms with Crippen LogP contribution >= 0.6 is 0 Å². The SMILES string of the molecule is C1=CC2=CCCOC2=C1. The Balaban J connectivity index is 2.38. The van der Waals surface area contributed by atoms with Crippen LogP contribution in [-0.2, 0) is 4.74 Å². The Labute approximate surface area is 54.3 Å². The maximum absolute atomic E-state index is 5.33. The number of fused-ring (bicyclic) bond motifs is 1. The van der Waals surface area contributed by atoms with Gasteiger partial charge < -0.3 is 4.74 Å².